The highest BCUT2D eigenvalue weighted by Crippen LogP contribution is 2.22. The van der Waals surface area contributed by atoms with Crippen molar-refractivity contribution in [1.82, 2.24) is 15.0 Å². The van der Waals surface area contributed by atoms with Crippen LogP contribution in [0.1, 0.15) is 0 Å². The Balaban J connectivity index is 0.00000156. The first-order valence-corrected chi connectivity index (χ1v) is 6.97. The number of H-pyrrole nitrogens is 1. The van der Waals surface area contributed by atoms with Gasteiger partial charge in [0.15, 0.2) is 0 Å². The van der Waals surface area contributed by atoms with E-state index in [9.17, 15) is 0 Å². The lowest BCUT2D eigenvalue weighted by Gasteiger charge is -2.07. The molecule has 0 aliphatic rings. The van der Waals surface area contributed by atoms with Gasteiger partial charge in [-0.1, -0.05) is 6.07 Å². The monoisotopic (exact) mass is 326 g/mol. The van der Waals surface area contributed by atoms with E-state index in [1.807, 2.05) is 42.6 Å². The number of nitrogens with zero attached hydrogens (tertiary/aromatic N) is 2. The lowest BCUT2D eigenvalue weighted by Crippen LogP contribution is -1.97. The number of fused-ring (bicyclic) bond motifs is 2. The number of hydrogen-bond acceptors (Lipinski definition) is 4. The van der Waals surface area contributed by atoms with Gasteiger partial charge in [-0.25, -0.2) is 9.97 Å². The van der Waals surface area contributed by atoms with Crippen LogP contribution in [0.4, 0.5) is 11.6 Å². The van der Waals surface area contributed by atoms with E-state index >= 15 is 0 Å². The summed E-state index contributed by atoms with van der Waals surface area (Å²) in [6.45, 7) is 0. The minimum absolute atomic E-state index is 0. The molecule has 4 aromatic rings. The number of methoxy groups -OCH3 is 1. The van der Waals surface area contributed by atoms with E-state index in [0.717, 1.165) is 27.9 Å². The van der Waals surface area contributed by atoms with Crippen LogP contribution >= 0.6 is 12.4 Å². The summed E-state index contributed by atoms with van der Waals surface area (Å²) in [5, 5.41) is 5.36. The minimum atomic E-state index is 0. The second-order valence-electron chi connectivity index (χ2n) is 5.02. The number of aromatic amines is 1. The normalized spacial score (nSPS) is 10.5. The SMILES string of the molecule is COc1ccc2nc(Nc3ccc4cc[nH]c4c3)ncc2c1.Cl. The fraction of sp³-hybridized carbons (Fsp3) is 0.0588. The molecule has 0 aliphatic heterocycles. The van der Waals surface area contributed by atoms with E-state index in [0.29, 0.717) is 5.95 Å². The lowest BCUT2D eigenvalue weighted by molar-refractivity contribution is 0.415. The van der Waals surface area contributed by atoms with Gasteiger partial charge in [-0.2, -0.15) is 0 Å². The Morgan fingerprint density at radius 2 is 1.96 bits per heavy atom. The number of anilines is 2. The van der Waals surface area contributed by atoms with Crippen LogP contribution in [0.25, 0.3) is 21.8 Å². The minimum Gasteiger partial charge on any atom is -0.497 e. The van der Waals surface area contributed by atoms with Gasteiger partial charge in [0.2, 0.25) is 5.95 Å². The maximum atomic E-state index is 5.21. The Labute approximate surface area is 139 Å². The van der Waals surface area contributed by atoms with Crippen LogP contribution in [0.3, 0.4) is 0 Å². The van der Waals surface area contributed by atoms with Gasteiger partial charge < -0.3 is 15.0 Å². The summed E-state index contributed by atoms with van der Waals surface area (Å²) in [4.78, 5) is 12.1. The second-order valence-corrected chi connectivity index (χ2v) is 5.02. The highest BCUT2D eigenvalue weighted by molar-refractivity contribution is 5.85. The molecule has 5 nitrogen and oxygen atoms in total. The first-order valence-electron chi connectivity index (χ1n) is 6.97. The zero-order chi connectivity index (χ0) is 14.9. The van der Waals surface area contributed by atoms with Gasteiger partial charge in [0.05, 0.1) is 12.6 Å². The van der Waals surface area contributed by atoms with Gasteiger partial charge in [0.25, 0.3) is 0 Å². The Hall–Kier alpha value is -2.79. The Bertz CT molecular complexity index is 967. The first kappa shape index (κ1) is 15.1. The van der Waals surface area contributed by atoms with Gasteiger partial charge >= 0.3 is 0 Å². The predicted octanol–water partition coefficient (Wildman–Crippen LogP) is 4.29. The summed E-state index contributed by atoms with van der Waals surface area (Å²) < 4.78 is 5.21. The first-order chi connectivity index (χ1) is 10.8. The van der Waals surface area contributed by atoms with E-state index in [1.54, 1.807) is 13.3 Å². The van der Waals surface area contributed by atoms with Crippen molar-refractivity contribution in [3.05, 3.63) is 54.9 Å². The molecular formula is C17H15ClN4O. The van der Waals surface area contributed by atoms with Crippen molar-refractivity contribution < 1.29 is 4.74 Å². The van der Waals surface area contributed by atoms with Crippen LogP contribution in [0.2, 0.25) is 0 Å². The predicted molar refractivity (Wildman–Crippen MR) is 94.9 cm³/mol. The van der Waals surface area contributed by atoms with Gasteiger partial charge in [-0.3, -0.25) is 0 Å². The molecular weight excluding hydrogens is 312 g/mol. The molecule has 6 heteroatoms. The van der Waals surface area contributed by atoms with Crippen molar-refractivity contribution in [3.63, 3.8) is 0 Å². The number of aromatic nitrogens is 3. The Morgan fingerprint density at radius 3 is 2.83 bits per heavy atom. The maximum Gasteiger partial charge on any atom is 0.227 e. The van der Waals surface area contributed by atoms with Gasteiger partial charge in [0, 0.05) is 29.0 Å². The molecule has 0 aliphatic carbocycles. The zero-order valence-electron chi connectivity index (χ0n) is 12.4. The fourth-order valence-electron chi connectivity index (χ4n) is 2.45. The van der Waals surface area contributed by atoms with Crippen LogP contribution in [-0.2, 0) is 0 Å². The van der Waals surface area contributed by atoms with Crippen molar-refractivity contribution in [2.45, 2.75) is 0 Å². The molecule has 0 atom stereocenters. The van der Waals surface area contributed by atoms with E-state index in [2.05, 4.69) is 26.3 Å². The Morgan fingerprint density at radius 1 is 1.04 bits per heavy atom. The molecule has 0 spiro atoms. The maximum absolute atomic E-state index is 5.21. The highest BCUT2D eigenvalue weighted by atomic mass is 35.5. The second kappa shape index (κ2) is 6.14. The van der Waals surface area contributed by atoms with Crippen LogP contribution < -0.4 is 10.1 Å². The fourth-order valence-corrected chi connectivity index (χ4v) is 2.45. The van der Waals surface area contributed by atoms with E-state index in [1.165, 1.54) is 5.39 Å². The van der Waals surface area contributed by atoms with Gasteiger partial charge in [0.1, 0.15) is 5.75 Å². The summed E-state index contributed by atoms with van der Waals surface area (Å²) in [5.41, 5.74) is 2.90. The highest BCUT2D eigenvalue weighted by Gasteiger charge is 2.03. The molecule has 2 aromatic heterocycles. The molecule has 2 aromatic carbocycles. The Kier molecular flexibility index (Phi) is 4.04. The summed E-state index contributed by atoms with van der Waals surface area (Å²) >= 11 is 0. The average molecular weight is 327 g/mol. The molecule has 0 saturated heterocycles. The summed E-state index contributed by atoms with van der Waals surface area (Å²) in [6.07, 6.45) is 3.72. The van der Waals surface area contributed by atoms with Crippen molar-refractivity contribution in [1.29, 1.82) is 0 Å². The van der Waals surface area contributed by atoms with Crippen LogP contribution in [0, 0.1) is 0 Å². The smallest absolute Gasteiger partial charge is 0.227 e. The molecule has 0 unspecified atom stereocenters. The molecule has 116 valence electrons. The van der Waals surface area contributed by atoms with E-state index in [4.69, 9.17) is 4.74 Å². The molecule has 0 saturated carbocycles. The third-order valence-electron chi connectivity index (χ3n) is 3.60. The number of benzene rings is 2. The molecule has 2 heterocycles. The molecule has 0 bridgehead atoms. The molecule has 4 rings (SSSR count). The largest absolute Gasteiger partial charge is 0.497 e. The number of nitrogens with one attached hydrogen (secondary N) is 2. The van der Waals surface area contributed by atoms with Crippen LogP contribution in [0.15, 0.2) is 54.9 Å². The number of hydrogen-bond donors (Lipinski definition) is 2. The van der Waals surface area contributed by atoms with Crippen LogP contribution in [-0.4, -0.2) is 22.1 Å². The molecule has 0 amide bonds. The van der Waals surface area contributed by atoms with Crippen molar-refractivity contribution in [2.24, 2.45) is 0 Å². The van der Waals surface area contributed by atoms with Crippen molar-refractivity contribution >= 4 is 45.8 Å². The molecule has 23 heavy (non-hydrogen) atoms. The molecule has 0 radical (unpaired) electrons. The van der Waals surface area contributed by atoms with Crippen molar-refractivity contribution in [2.75, 3.05) is 12.4 Å². The third-order valence-corrected chi connectivity index (χ3v) is 3.60. The number of halogens is 1. The standard InChI is InChI=1S/C17H14N4O.ClH/c1-22-14-4-5-15-12(8-14)10-19-17(21-15)20-13-3-2-11-6-7-18-16(11)9-13;/h2-10,18H,1H3,(H,19,20,21);1H. The quantitative estimate of drug-likeness (QED) is 0.589. The summed E-state index contributed by atoms with van der Waals surface area (Å²) in [6, 6.07) is 13.9. The average Bonchev–Trinajstić information content (AvgIpc) is 3.02. The number of ether oxygens (including phenoxy) is 1. The zero-order valence-corrected chi connectivity index (χ0v) is 13.2. The molecule has 2 N–H and O–H groups in total. The van der Waals surface area contributed by atoms with Crippen LogP contribution in [0.5, 0.6) is 5.75 Å². The number of rotatable bonds is 3. The van der Waals surface area contributed by atoms with Crippen molar-refractivity contribution in [3.8, 4) is 5.75 Å². The summed E-state index contributed by atoms with van der Waals surface area (Å²) in [7, 11) is 1.65. The lowest BCUT2D eigenvalue weighted by atomic mass is 10.2. The summed E-state index contributed by atoms with van der Waals surface area (Å²) in [5.74, 6) is 1.37. The van der Waals surface area contributed by atoms with Gasteiger partial charge in [-0.15, -0.1) is 12.4 Å². The third kappa shape index (κ3) is 2.91. The molecule has 0 fully saturated rings. The topological polar surface area (TPSA) is 62.8 Å². The van der Waals surface area contributed by atoms with E-state index < -0.39 is 0 Å². The van der Waals surface area contributed by atoms with E-state index in [-0.39, 0.29) is 12.4 Å². The van der Waals surface area contributed by atoms with Gasteiger partial charge in [-0.05, 0) is 41.8 Å².